The second kappa shape index (κ2) is 12.7. The molecule has 0 spiro atoms. The van der Waals surface area contributed by atoms with Crippen molar-refractivity contribution in [2.24, 2.45) is 11.8 Å². The second-order valence-corrected chi connectivity index (χ2v) is 9.68. The topological polar surface area (TPSA) is 202 Å². The predicted octanol–water partition coefficient (Wildman–Crippen LogP) is -2.20. The molecule has 6 N–H and O–H groups in total. The van der Waals surface area contributed by atoms with Crippen LogP contribution in [0.3, 0.4) is 0 Å². The van der Waals surface area contributed by atoms with Crippen molar-refractivity contribution in [3.63, 3.8) is 0 Å². The molecule has 0 aromatic rings. The molecule has 2 fully saturated rings. The second-order valence-electron chi connectivity index (χ2n) is 9.68. The van der Waals surface area contributed by atoms with E-state index < -0.39 is 86.6 Å². The van der Waals surface area contributed by atoms with Gasteiger partial charge in [-0.2, -0.15) is 0 Å². The minimum atomic E-state index is -2.31. The molecule has 0 aromatic carbocycles. The summed E-state index contributed by atoms with van der Waals surface area (Å²) < 4.78 is 27.3. The van der Waals surface area contributed by atoms with E-state index in [9.17, 15) is 40.2 Å². The quantitative estimate of drug-likeness (QED) is 0.164. The number of rotatable bonds is 11. The summed E-state index contributed by atoms with van der Waals surface area (Å²) in [4.78, 5) is 24.8. The third-order valence-corrected chi connectivity index (χ3v) is 5.70. The fourth-order valence-electron chi connectivity index (χ4n) is 3.95. The number of aliphatic hydroxyl groups excluding tert-OH is 6. The van der Waals surface area contributed by atoms with Crippen LogP contribution in [-0.4, -0.2) is 117 Å². The number of carbonyl (C=O) groups excluding carboxylic acids is 2. The molecule has 2 aliphatic heterocycles. The van der Waals surface area contributed by atoms with Crippen LogP contribution in [0.25, 0.3) is 0 Å². The van der Waals surface area contributed by atoms with Crippen LogP contribution in [0.15, 0.2) is 0 Å². The lowest BCUT2D eigenvalue weighted by molar-refractivity contribution is -0.384. The van der Waals surface area contributed by atoms with Crippen LogP contribution in [0.4, 0.5) is 0 Å². The highest BCUT2D eigenvalue weighted by atomic mass is 16.8. The Labute approximate surface area is 203 Å². The van der Waals surface area contributed by atoms with Gasteiger partial charge in [0.1, 0.15) is 37.1 Å². The van der Waals surface area contributed by atoms with Crippen molar-refractivity contribution in [2.75, 3.05) is 19.8 Å². The molecule has 2 heterocycles. The molecule has 204 valence electrons. The predicted molar refractivity (Wildman–Crippen MR) is 115 cm³/mol. The number of esters is 2. The molecule has 0 amide bonds. The average molecular weight is 511 g/mol. The van der Waals surface area contributed by atoms with Crippen LogP contribution in [0.1, 0.15) is 40.5 Å². The minimum Gasteiger partial charge on any atom is -0.455 e. The lowest BCUT2D eigenvalue weighted by Gasteiger charge is -2.45. The van der Waals surface area contributed by atoms with Crippen LogP contribution in [0.5, 0.6) is 0 Å². The molecule has 9 atom stereocenters. The molecular formula is C22H38O13. The summed E-state index contributed by atoms with van der Waals surface area (Å²) in [6.07, 6.45) is -12.6. The van der Waals surface area contributed by atoms with Gasteiger partial charge in [0.05, 0.1) is 13.2 Å². The maximum Gasteiger partial charge on any atom is 0.306 e. The van der Waals surface area contributed by atoms with Crippen LogP contribution < -0.4 is 0 Å². The van der Waals surface area contributed by atoms with E-state index >= 15 is 0 Å². The molecule has 0 bridgehead atoms. The molecular weight excluding hydrogens is 472 g/mol. The molecule has 0 saturated carbocycles. The first kappa shape index (κ1) is 29.8. The van der Waals surface area contributed by atoms with E-state index in [1.807, 2.05) is 0 Å². The van der Waals surface area contributed by atoms with Crippen molar-refractivity contribution >= 4 is 11.9 Å². The van der Waals surface area contributed by atoms with Gasteiger partial charge in [0.25, 0.3) is 0 Å². The van der Waals surface area contributed by atoms with Gasteiger partial charge in [-0.1, -0.05) is 27.7 Å². The van der Waals surface area contributed by atoms with E-state index in [4.69, 9.17) is 23.7 Å². The van der Waals surface area contributed by atoms with E-state index in [-0.39, 0.29) is 24.7 Å². The highest BCUT2D eigenvalue weighted by Crippen LogP contribution is 2.37. The lowest BCUT2D eigenvalue weighted by atomic mass is 9.97. The molecule has 13 heteroatoms. The fraction of sp³-hybridized carbons (Fsp3) is 0.909. The maximum absolute atomic E-state index is 12.4. The summed E-state index contributed by atoms with van der Waals surface area (Å²) >= 11 is 0. The van der Waals surface area contributed by atoms with Crippen molar-refractivity contribution in [1.82, 2.24) is 0 Å². The smallest absolute Gasteiger partial charge is 0.306 e. The van der Waals surface area contributed by atoms with Gasteiger partial charge in [0.15, 0.2) is 18.5 Å². The summed E-state index contributed by atoms with van der Waals surface area (Å²) in [6, 6.07) is 0. The zero-order valence-electron chi connectivity index (χ0n) is 20.4. The SMILES string of the molecule is CC(C)CC(=O)O[C@@H]1[C@@H](O)[C@@H](O[C@]2(CO)O[C@H](CO)[C@@H](O)[C@@H]2O)O[C@H](CO)[C@H]1OC(=O)CC(C)C. The standard InChI is InChI=1S/C22H38O13/c1-10(2)5-14(26)32-18-13(8-24)31-21(17(29)19(18)33-15(27)6-11(3)4)35-22(9-25)20(30)16(28)12(7-23)34-22/h10-13,16-21,23-25,28-30H,5-9H2,1-4H3/t12-,13-,16-,17-,18-,19-,20+,21-,22+/m1/s1. The molecule has 0 aromatic heterocycles. The van der Waals surface area contributed by atoms with Crippen LogP contribution in [-0.2, 0) is 33.3 Å². The number of hydrogen-bond acceptors (Lipinski definition) is 13. The zero-order valence-corrected chi connectivity index (χ0v) is 20.4. The number of aliphatic hydroxyl groups is 6. The van der Waals surface area contributed by atoms with Crippen molar-refractivity contribution < 1.29 is 63.9 Å². The lowest BCUT2D eigenvalue weighted by Crippen LogP contribution is -2.64. The van der Waals surface area contributed by atoms with Gasteiger partial charge in [-0.15, -0.1) is 0 Å². The van der Waals surface area contributed by atoms with Crippen LogP contribution in [0.2, 0.25) is 0 Å². The Kier molecular flexibility index (Phi) is 10.8. The van der Waals surface area contributed by atoms with Gasteiger partial charge in [-0.05, 0) is 11.8 Å². The zero-order chi connectivity index (χ0) is 26.5. The number of carbonyl (C=O) groups is 2. The molecule has 2 aliphatic rings. The number of hydrogen-bond donors (Lipinski definition) is 6. The Morgan fingerprint density at radius 1 is 0.829 bits per heavy atom. The highest BCUT2D eigenvalue weighted by Gasteiger charge is 2.59. The van der Waals surface area contributed by atoms with Gasteiger partial charge in [0, 0.05) is 12.8 Å². The van der Waals surface area contributed by atoms with Gasteiger partial charge in [-0.3, -0.25) is 9.59 Å². The summed E-state index contributed by atoms with van der Waals surface area (Å²) in [6.45, 7) is 4.67. The first-order valence-corrected chi connectivity index (χ1v) is 11.7. The van der Waals surface area contributed by atoms with Crippen molar-refractivity contribution in [3.8, 4) is 0 Å². The first-order valence-electron chi connectivity index (χ1n) is 11.7. The van der Waals surface area contributed by atoms with E-state index in [0.717, 1.165) is 0 Å². The minimum absolute atomic E-state index is 0.0151. The van der Waals surface area contributed by atoms with Crippen molar-refractivity contribution in [3.05, 3.63) is 0 Å². The van der Waals surface area contributed by atoms with E-state index in [0.29, 0.717) is 0 Å². The Bertz CT molecular complexity index is 701. The van der Waals surface area contributed by atoms with Crippen molar-refractivity contribution in [1.29, 1.82) is 0 Å². The molecule has 0 radical (unpaired) electrons. The highest BCUT2D eigenvalue weighted by molar-refractivity contribution is 5.71. The Morgan fingerprint density at radius 3 is 1.77 bits per heavy atom. The largest absolute Gasteiger partial charge is 0.455 e. The molecule has 0 unspecified atom stereocenters. The molecule has 13 nitrogen and oxygen atoms in total. The fourth-order valence-corrected chi connectivity index (χ4v) is 3.95. The molecule has 35 heavy (non-hydrogen) atoms. The van der Waals surface area contributed by atoms with E-state index in [1.54, 1.807) is 27.7 Å². The third-order valence-electron chi connectivity index (χ3n) is 5.70. The van der Waals surface area contributed by atoms with Crippen molar-refractivity contribution in [2.45, 2.75) is 95.3 Å². The Hall–Kier alpha value is -1.42. The first-order chi connectivity index (χ1) is 16.4. The summed E-state index contributed by atoms with van der Waals surface area (Å²) in [7, 11) is 0. The summed E-state index contributed by atoms with van der Waals surface area (Å²) in [5, 5.41) is 60.7. The molecule has 2 rings (SSSR count). The average Bonchev–Trinajstić information content (AvgIpc) is 3.01. The van der Waals surface area contributed by atoms with Crippen LogP contribution in [0, 0.1) is 11.8 Å². The third kappa shape index (κ3) is 7.08. The van der Waals surface area contributed by atoms with Gasteiger partial charge in [-0.25, -0.2) is 0 Å². The summed E-state index contributed by atoms with van der Waals surface area (Å²) in [5.41, 5.74) is 0. The van der Waals surface area contributed by atoms with Crippen LogP contribution >= 0.6 is 0 Å². The molecule has 2 saturated heterocycles. The van der Waals surface area contributed by atoms with E-state index in [2.05, 4.69) is 0 Å². The van der Waals surface area contributed by atoms with Gasteiger partial charge < -0.3 is 54.3 Å². The summed E-state index contributed by atoms with van der Waals surface area (Å²) in [5.74, 6) is -3.83. The van der Waals surface area contributed by atoms with Gasteiger partial charge >= 0.3 is 11.9 Å². The Balaban J connectivity index is 2.33. The maximum atomic E-state index is 12.4. The monoisotopic (exact) mass is 510 g/mol. The van der Waals surface area contributed by atoms with E-state index in [1.165, 1.54) is 0 Å². The Morgan fingerprint density at radius 2 is 1.34 bits per heavy atom. The van der Waals surface area contributed by atoms with Gasteiger partial charge in [0.2, 0.25) is 5.79 Å². The molecule has 0 aliphatic carbocycles. The normalized spacial score (nSPS) is 37.6. The number of ether oxygens (including phenoxy) is 5.